The summed E-state index contributed by atoms with van der Waals surface area (Å²) in [6, 6.07) is 0.375. The monoisotopic (exact) mass is 301 g/mol. The number of alkyl halides is 1. The number of ether oxygens (including phenoxy) is 1. The highest BCUT2D eigenvalue weighted by atomic mass is 35.5. The Balaban J connectivity index is 1.95. The molecule has 0 spiro atoms. The Labute approximate surface area is 128 Å². The number of hydrogen-bond acceptors (Lipinski definition) is 2. The first-order chi connectivity index (χ1) is 9.52. The van der Waals surface area contributed by atoms with E-state index in [-0.39, 0.29) is 12.2 Å². The van der Waals surface area contributed by atoms with Crippen molar-refractivity contribution in [2.45, 2.75) is 65.0 Å². The van der Waals surface area contributed by atoms with Gasteiger partial charge in [-0.3, -0.25) is 0 Å². The Hall–Kier alpha value is -0.440. The highest BCUT2D eigenvalue weighted by Crippen LogP contribution is 2.36. The van der Waals surface area contributed by atoms with Crippen molar-refractivity contribution >= 4 is 17.7 Å². The fourth-order valence-electron chi connectivity index (χ4n) is 3.35. The van der Waals surface area contributed by atoms with Crippen LogP contribution >= 0.6 is 11.6 Å². The van der Waals surface area contributed by atoms with Crippen molar-refractivity contribution < 1.29 is 9.53 Å². The van der Waals surface area contributed by atoms with Gasteiger partial charge < -0.3 is 9.64 Å². The van der Waals surface area contributed by atoms with Gasteiger partial charge in [0.2, 0.25) is 0 Å². The molecule has 0 bridgehead atoms. The van der Waals surface area contributed by atoms with E-state index in [1.165, 1.54) is 12.8 Å². The molecular formula is C16H28ClNO2. The Kier molecular flexibility index (Phi) is 5.59. The Bertz CT molecular complexity index is 330. The lowest BCUT2D eigenvalue weighted by Crippen LogP contribution is -2.42. The number of rotatable bonds is 5. The lowest BCUT2D eigenvalue weighted by atomic mass is 9.75. The van der Waals surface area contributed by atoms with Crippen LogP contribution in [0.15, 0.2) is 0 Å². The average molecular weight is 302 g/mol. The van der Waals surface area contributed by atoms with Crippen LogP contribution in [-0.2, 0) is 4.74 Å². The second-order valence-electron chi connectivity index (χ2n) is 6.86. The molecule has 3 atom stereocenters. The number of carbonyl (C=O) groups excluding carboxylic acids is 1. The second-order valence-corrected chi connectivity index (χ2v) is 7.24. The molecule has 0 aromatic rings. The maximum atomic E-state index is 12.4. The Morgan fingerprint density at radius 1 is 1.30 bits per heavy atom. The molecule has 3 unspecified atom stereocenters. The Morgan fingerprint density at radius 2 is 2.00 bits per heavy atom. The molecule has 0 heterocycles. The third kappa shape index (κ3) is 4.03. The quantitative estimate of drug-likeness (QED) is 0.709. The molecule has 116 valence electrons. The van der Waals surface area contributed by atoms with Crippen LogP contribution in [0.25, 0.3) is 0 Å². The van der Waals surface area contributed by atoms with Gasteiger partial charge in [0.15, 0.2) is 0 Å². The minimum Gasteiger partial charge on any atom is -0.446 e. The van der Waals surface area contributed by atoms with Crippen molar-refractivity contribution in [3.8, 4) is 0 Å². The van der Waals surface area contributed by atoms with Gasteiger partial charge in [-0.15, -0.1) is 11.6 Å². The zero-order valence-corrected chi connectivity index (χ0v) is 13.7. The summed E-state index contributed by atoms with van der Waals surface area (Å²) in [4.78, 5) is 14.2. The molecule has 2 rings (SSSR count). The zero-order valence-electron chi connectivity index (χ0n) is 13.0. The molecular weight excluding hydrogens is 274 g/mol. The van der Waals surface area contributed by atoms with E-state index in [2.05, 4.69) is 20.8 Å². The molecule has 0 N–H and O–H groups in total. The van der Waals surface area contributed by atoms with Gasteiger partial charge in [0, 0.05) is 18.5 Å². The minimum absolute atomic E-state index is 0.0859. The molecule has 2 aliphatic carbocycles. The van der Waals surface area contributed by atoms with Crippen molar-refractivity contribution in [1.29, 1.82) is 0 Å². The maximum Gasteiger partial charge on any atom is 0.410 e. The van der Waals surface area contributed by atoms with Crippen molar-refractivity contribution in [3.05, 3.63) is 0 Å². The van der Waals surface area contributed by atoms with Crippen molar-refractivity contribution in [3.63, 3.8) is 0 Å². The SMILES string of the molecule is CC1CCC(C(C)C)C(OC(=O)N(CCCl)C2CC2)C1. The van der Waals surface area contributed by atoms with E-state index < -0.39 is 0 Å². The number of nitrogens with zero attached hydrogens (tertiary/aromatic N) is 1. The average Bonchev–Trinajstić information content (AvgIpc) is 3.19. The lowest BCUT2D eigenvalue weighted by Gasteiger charge is -2.37. The largest absolute Gasteiger partial charge is 0.446 e. The smallest absolute Gasteiger partial charge is 0.410 e. The molecule has 0 saturated heterocycles. The van der Waals surface area contributed by atoms with Crippen LogP contribution in [0.3, 0.4) is 0 Å². The van der Waals surface area contributed by atoms with Gasteiger partial charge in [-0.25, -0.2) is 4.79 Å². The number of carbonyl (C=O) groups is 1. The van der Waals surface area contributed by atoms with Gasteiger partial charge in [0.25, 0.3) is 0 Å². The van der Waals surface area contributed by atoms with Crippen molar-refractivity contribution in [2.24, 2.45) is 17.8 Å². The molecule has 0 aromatic heterocycles. The van der Waals surface area contributed by atoms with E-state index in [0.717, 1.165) is 19.3 Å². The topological polar surface area (TPSA) is 29.5 Å². The first-order valence-corrected chi connectivity index (χ1v) is 8.59. The molecule has 2 fully saturated rings. The van der Waals surface area contributed by atoms with Crippen molar-refractivity contribution in [2.75, 3.05) is 12.4 Å². The standard InChI is InChI=1S/C16H28ClNO2/c1-11(2)14-7-4-12(3)10-15(14)20-16(19)18(9-8-17)13-5-6-13/h11-15H,4-10H2,1-3H3. The predicted octanol–water partition coefficient (Wildman–Crippen LogP) is 4.29. The summed E-state index contributed by atoms with van der Waals surface area (Å²) < 4.78 is 5.88. The van der Waals surface area contributed by atoms with E-state index in [1.807, 2.05) is 4.90 Å². The summed E-state index contributed by atoms with van der Waals surface area (Å²) in [5, 5.41) is 0. The van der Waals surface area contributed by atoms with E-state index in [0.29, 0.717) is 36.2 Å². The fourth-order valence-corrected chi connectivity index (χ4v) is 3.53. The number of halogens is 1. The van der Waals surface area contributed by atoms with Crippen LogP contribution in [0.2, 0.25) is 0 Å². The van der Waals surface area contributed by atoms with E-state index in [1.54, 1.807) is 0 Å². The first-order valence-electron chi connectivity index (χ1n) is 8.06. The summed E-state index contributed by atoms with van der Waals surface area (Å²) in [7, 11) is 0. The minimum atomic E-state index is -0.141. The summed E-state index contributed by atoms with van der Waals surface area (Å²) >= 11 is 5.81. The highest BCUT2D eigenvalue weighted by molar-refractivity contribution is 6.18. The van der Waals surface area contributed by atoms with Gasteiger partial charge in [-0.2, -0.15) is 0 Å². The van der Waals surface area contributed by atoms with Crippen LogP contribution in [0.4, 0.5) is 4.79 Å². The molecule has 4 heteroatoms. The van der Waals surface area contributed by atoms with Crippen LogP contribution in [-0.4, -0.2) is 35.6 Å². The van der Waals surface area contributed by atoms with Gasteiger partial charge in [0.1, 0.15) is 6.10 Å². The lowest BCUT2D eigenvalue weighted by molar-refractivity contribution is -0.0105. The maximum absolute atomic E-state index is 12.4. The van der Waals surface area contributed by atoms with Gasteiger partial charge in [-0.05, 0) is 43.4 Å². The highest BCUT2D eigenvalue weighted by Gasteiger charge is 2.37. The van der Waals surface area contributed by atoms with Crippen LogP contribution in [0.5, 0.6) is 0 Å². The normalized spacial score (nSPS) is 30.4. The second kappa shape index (κ2) is 7.02. The van der Waals surface area contributed by atoms with E-state index in [4.69, 9.17) is 16.3 Å². The zero-order chi connectivity index (χ0) is 14.7. The molecule has 0 radical (unpaired) electrons. The van der Waals surface area contributed by atoms with Crippen LogP contribution in [0.1, 0.15) is 52.9 Å². The molecule has 1 amide bonds. The first kappa shape index (κ1) is 15.9. The third-order valence-corrected chi connectivity index (χ3v) is 4.93. The fraction of sp³-hybridized carbons (Fsp3) is 0.938. The summed E-state index contributed by atoms with van der Waals surface area (Å²) in [6.45, 7) is 7.34. The number of amides is 1. The summed E-state index contributed by atoms with van der Waals surface area (Å²) in [6.07, 6.45) is 5.58. The third-order valence-electron chi connectivity index (χ3n) is 4.76. The van der Waals surface area contributed by atoms with Crippen molar-refractivity contribution in [1.82, 2.24) is 4.90 Å². The molecule has 2 aliphatic rings. The molecule has 0 aromatic carbocycles. The van der Waals surface area contributed by atoms with Gasteiger partial charge in [-0.1, -0.05) is 27.2 Å². The number of hydrogen-bond donors (Lipinski definition) is 0. The molecule has 2 saturated carbocycles. The summed E-state index contributed by atoms with van der Waals surface area (Å²) in [5.41, 5.74) is 0. The van der Waals surface area contributed by atoms with Gasteiger partial charge in [0.05, 0.1) is 0 Å². The van der Waals surface area contributed by atoms with Gasteiger partial charge >= 0.3 is 6.09 Å². The molecule has 0 aliphatic heterocycles. The molecule has 20 heavy (non-hydrogen) atoms. The molecule has 3 nitrogen and oxygen atoms in total. The predicted molar refractivity (Wildman–Crippen MR) is 82.1 cm³/mol. The van der Waals surface area contributed by atoms with Crippen LogP contribution < -0.4 is 0 Å². The van der Waals surface area contributed by atoms with E-state index >= 15 is 0 Å². The van der Waals surface area contributed by atoms with Crippen LogP contribution in [0, 0.1) is 17.8 Å². The van der Waals surface area contributed by atoms with E-state index in [9.17, 15) is 4.79 Å². The summed E-state index contributed by atoms with van der Waals surface area (Å²) in [5.74, 6) is 2.22. The Morgan fingerprint density at radius 3 is 2.55 bits per heavy atom.